The molecule has 0 radical (unpaired) electrons. The predicted octanol–water partition coefficient (Wildman–Crippen LogP) is 6.75. The summed E-state index contributed by atoms with van der Waals surface area (Å²) in [5, 5.41) is 4.42. The Bertz CT molecular complexity index is 571. The third-order valence-corrected chi connectivity index (χ3v) is 6.01. The molecule has 0 bridgehead atoms. The second kappa shape index (κ2) is 6.14. The number of halogens is 4. The molecule has 0 saturated carbocycles. The van der Waals surface area contributed by atoms with Crippen molar-refractivity contribution in [2.45, 2.75) is 13.0 Å². The Morgan fingerprint density at radius 1 is 1.11 bits per heavy atom. The minimum atomic E-state index is 0.177. The van der Waals surface area contributed by atoms with E-state index in [1.165, 1.54) is 4.88 Å². The lowest BCUT2D eigenvalue weighted by atomic mass is 10.2. The zero-order chi connectivity index (χ0) is 13.3. The summed E-state index contributed by atoms with van der Waals surface area (Å²) in [6.45, 7) is 2.09. The number of anilines is 1. The highest BCUT2D eigenvalue weighted by molar-refractivity contribution is 9.11. The van der Waals surface area contributed by atoms with Crippen LogP contribution < -0.4 is 5.32 Å². The molecule has 0 spiro atoms. The molecule has 96 valence electrons. The topological polar surface area (TPSA) is 12.0 Å². The van der Waals surface area contributed by atoms with E-state index in [0.717, 1.165) is 13.9 Å². The Morgan fingerprint density at radius 2 is 1.83 bits per heavy atom. The van der Waals surface area contributed by atoms with Gasteiger partial charge in [0.1, 0.15) is 0 Å². The maximum Gasteiger partial charge on any atom is 0.0835 e. The van der Waals surface area contributed by atoms with Crippen molar-refractivity contribution in [2.24, 2.45) is 0 Å². The molecule has 1 N–H and O–H groups in total. The Morgan fingerprint density at radius 3 is 2.44 bits per heavy atom. The van der Waals surface area contributed by atoms with E-state index in [1.807, 2.05) is 18.2 Å². The van der Waals surface area contributed by atoms with Crippen LogP contribution in [0.1, 0.15) is 17.8 Å². The largest absolute Gasteiger partial charge is 0.376 e. The zero-order valence-corrected chi connectivity index (χ0v) is 14.8. The fourth-order valence-electron chi connectivity index (χ4n) is 1.50. The highest BCUT2D eigenvalue weighted by Crippen LogP contribution is 2.38. The first-order chi connectivity index (χ1) is 8.49. The minimum absolute atomic E-state index is 0.177. The Hall–Kier alpha value is 0.260. The fourth-order valence-corrected chi connectivity index (χ4v) is 3.76. The Kier molecular flexibility index (Phi) is 5.00. The summed E-state index contributed by atoms with van der Waals surface area (Å²) in [7, 11) is 0. The van der Waals surface area contributed by atoms with Crippen LogP contribution in [0.4, 0.5) is 5.69 Å². The van der Waals surface area contributed by atoms with Crippen LogP contribution in [0.5, 0.6) is 0 Å². The molecular formula is C12H9Br2Cl2NS. The van der Waals surface area contributed by atoms with Crippen LogP contribution in [0.25, 0.3) is 0 Å². The second-order valence-electron chi connectivity index (χ2n) is 3.73. The van der Waals surface area contributed by atoms with Crippen LogP contribution in [0.2, 0.25) is 10.0 Å². The van der Waals surface area contributed by atoms with E-state index >= 15 is 0 Å². The lowest BCUT2D eigenvalue weighted by Gasteiger charge is -2.16. The van der Waals surface area contributed by atoms with Gasteiger partial charge >= 0.3 is 0 Å². The van der Waals surface area contributed by atoms with Crippen LogP contribution in [-0.2, 0) is 0 Å². The van der Waals surface area contributed by atoms with Crippen molar-refractivity contribution in [3.05, 3.63) is 47.4 Å². The molecule has 1 aromatic heterocycles. The zero-order valence-electron chi connectivity index (χ0n) is 9.31. The van der Waals surface area contributed by atoms with E-state index in [0.29, 0.717) is 10.0 Å². The van der Waals surface area contributed by atoms with Crippen molar-refractivity contribution >= 4 is 72.1 Å². The summed E-state index contributed by atoms with van der Waals surface area (Å²) in [5.74, 6) is 0. The first-order valence-electron chi connectivity index (χ1n) is 5.14. The van der Waals surface area contributed by atoms with Crippen molar-refractivity contribution < 1.29 is 0 Å². The van der Waals surface area contributed by atoms with Gasteiger partial charge in [-0.05, 0) is 63.0 Å². The van der Waals surface area contributed by atoms with Crippen LogP contribution in [0.3, 0.4) is 0 Å². The van der Waals surface area contributed by atoms with E-state index in [2.05, 4.69) is 50.2 Å². The van der Waals surface area contributed by atoms with Gasteiger partial charge in [-0.2, -0.15) is 0 Å². The third kappa shape index (κ3) is 3.23. The van der Waals surface area contributed by atoms with Crippen molar-refractivity contribution in [1.82, 2.24) is 0 Å². The molecule has 0 fully saturated rings. The third-order valence-electron chi connectivity index (χ3n) is 2.43. The Labute approximate surface area is 137 Å². The summed E-state index contributed by atoms with van der Waals surface area (Å²) in [5.41, 5.74) is 0.835. The molecule has 1 heterocycles. The standard InChI is InChI=1S/C12H9Br2Cl2NS/c1-6(9-4-5-10(14)18-9)17-8-3-2-7(13)11(15)12(8)16/h2-6,17H,1H3. The van der Waals surface area contributed by atoms with E-state index in [-0.39, 0.29) is 6.04 Å². The number of nitrogens with one attached hydrogen (secondary N) is 1. The van der Waals surface area contributed by atoms with Crippen molar-refractivity contribution in [1.29, 1.82) is 0 Å². The predicted molar refractivity (Wildman–Crippen MR) is 88.2 cm³/mol. The van der Waals surface area contributed by atoms with Gasteiger partial charge in [-0.15, -0.1) is 11.3 Å². The van der Waals surface area contributed by atoms with Crippen molar-refractivity contribution in [3.8, 4) is 0 Å². The highest BCUT2D eigenvalue weighted by Gasteiger charge is 2.12. The molecule has 0 amide bonds. The smallest absolute Gasteiger partial charge is 0.0835 e. The summed E-state index contributed by atoms with van der Waals surface area (Å²) >= 11 is 20.8. The number of hydrogen-bond donors (Lipinski definition) is 1. The number of hydrogen-bond acceptors (Lipinski definition) is 2. The summed E-state index contributed by atoms with van der Waals surface area (Å²) < 4.78 is 1.91. The number of rotatable bonds is 3. The van der Waals surface area contributed by atoms with Crippen molar-refractivity contribution in [2.75, 3.05) is 5.32 Å². The average molecular weight is 430 g/mol. The molecule has 0 saturated heterocycles. The van der Waals surface area contributed by atoms with E-state index in [9.17, 15) is 0 Å². The molecule has 0 aliphatic rings. The average Bonchev–Trinajstić information content (AvgIpc) is 2.77. The highest BCUT2D eigenvalue weighted by atomic mass is 79.9. The molecule has 1 aromatic carbocycles. The molecule has 0 aliphatic carbocycles. The van der Waals surface area contributed by atoms with Crippen LogP contribution in [0, 0.1) is 0 Å². The first kappa shape index (κ1) is 14.7. The number of thiophene rings is 1. The van der Waals surface area contributed by atoms with E-state index in [1.54, 1.807) is 11.3 Å². The van der Waals surface area contributed by atoms with Gasteiger partial charge in [-0.1, -0.05) is 23.2 Å². The molecule has 2 rings (SSSR count). The Balaban J connectivity index is 2.22. The number of benzene rings is 1. The molecule has 2 aromatic rings. The van der Waals surface area contributed by atoms with Gasteiger partial charge in [-0.3, -0.25) is 0 Å². The SMILES string of the molecule is CC(Nc1ccc(Br)c(Cl)c1Cl)c1ccc(Br)s1. The normalized spacial score (nSPS) is 12.5. The lowest BCUT2D eigenvalue weighted by molar-refractivity contribution is 0.908. The van der Waals surface area contributed by atoms with Gasteiger partial charge in [0.05, 0.1) is 25.6 Å². The summed E-state index contributed by atoms with van der Waals surface area (Å²) in [6.07, 6.45) is 0. The fraction of sp³-hybridized carbons (Fsp3) is 0.167. The molecule has 1 nitrogen and oxygen atoms in total. The minimum Gasteiger partial charge on any atom is -0.376 e. The van der Waals surface area contributed by atoms with Crippen LogP contribution >= 0.6 is 66.4 Å². The molecule has 1 unspecified atom stereocenters. The maximum absolute atomic E-state index is 6.20. The molecular weight excluding hydrogens is 421 g/mol. The quantitative estimate of drug-likeness (QED) is 0.532. The lowest BCUT2D eigenvalue weighted by Crippen LogP contribution is -2.05. The molecule has 0 aliphatic heterocycles. The summed E-state index contributed by atoms with van der Waals surface area (Å²) in [6, 6.07) is 8.09. The monoisotopic (exact) mass is 427 g/mol. The van der Waals surface area contributed by atoms with Gasteiger partial charge < -0.3 is 5.32 Å². The first-order valence-corrected chi connectivity index (χ1v) is 8.30. The molecule has 1 atom stereocenters. The van der Waals surface area contributed by atoms with E-state index in [4.69, 9.17) is 23.2 Å². The van der Waals surface area contributed by atoms with Gasteiger partial charge in [0.15, 0.2) is 0 Å². The maximum atomic E-state index is 6.20. The van der Waals surface area contributed by atoms with Crippen LogP contribution in [0.15, 0.2) is 32.5 Å². The molecule has 6 heteroatoms. The van der Waals surface area contributed by atoms with E-state index < -0.39 is 0 Å². The second-order valence-corrected chi connectivity index (χ2v) is 7.84. The van der Waals surface area contributed by atoms with Crippen molar-refractivity contribution in [3.63, 3.8) is 0 Å². The van der Waals surface area contributed by atoms with Gasteiger partial charge in [0, 0.05) is 9.35 Å². The van der Waals surface area contributed by atoms with Gasteiger partial charge in [0.25, 0.3) is 0 Å². The summed E-state index contributed by atoms with van der Waals surface area (Å²) in [4.78, 5) is 1.23. The van der Waals surface area contributed by atoms with Crippen LogP contribution in [-0.4, -0.2) is 0 Å². The van der Waals surface area contributed by atoms with Gasteiger partial charge in [-0.25, -0.2) is 0 Å². The molecule has 18 heavy (non-hydrogen) atoms. The van der Waals surface area contributed by atoms with Gasteiger partial charge in [0.2, 0.25) is 0 Å².